The molecule has 8 heteroatoms. The topological polar surface area (TPSA) is 24.1 Å². The van der Waals surface area contributed by atoms with Crippen molar-refractivity contribution in [2.75, 3.05) is 13.1 Å². The van der Waals surface area contributed by atoms with Crippen LogP contribution in [0, 0.1) is 0 Å². The Balaban J connectivity index is 2.47. The largest absolute Gasteiger partial charge is 0.405 e. The third kappa shape index (κ3) is 2.74. The van der Waals surface area contributed by atoms with Crippen molar-refractivity contribution in [2.45, 2.75) is 24.4 Å². The maximum absolute atomic E-state index is 12.0. The number of nitrogens with one attached hydrogen (secondary N) is 2. The maximum Gasteiger partial charge on any atom is 0.405 e. The molecule has 2 nitrogen and oxygen atoms in total. The summed E-state index contributed by atoms with van der Waals surface area (Å²) in [6.45, 7) is -1.51. The molecule has 0 saturated carbocycles. The number of alkyl halides is 6. The Morgan fingerprint density at radius 3 is 1.14 bits per heavy atom. The van der Waals surface area contributed by atoms with E-state index in [1.54, 1.807) is 0 Å². The Labute approximate surface area is 75.7 Å². The Hall–Kier alpha value is -0.500. The van der Waals surface area contributed by atoms with E-state index in [1.807, 2.05) is 10.6 Å². The van der Waals surface area contributed by atoms with Crippen LogP contribution in [0.4, 0.5) is 26.3 Å². The lowest BCUT2D eigenvalue weighted by molar-refractivity contribution is -0.183. The van der Waals surface area contributed by atoms with Crippen LogP contribution in [0.25, 0.3) is 0 Å². The van der Waals surface area contributed by atoms with E-state index < -0.39 is 37.5 Å². The molecular weight excluding hydrogens is 214 g/mol. The fourth-order valence-electron chi connectivity index (χ4n) is 1.13. The van der Waals surface area contributed by atoms with Crippen molar-refractivity contribution in [2.24, 2.45) is 0 Å². The van der Waals surface area contributed by atoms with Gasteiger partial charge in [0, 0.05) is 13.1 Å². The fraction of sp³-hybridized carbons (Fsp3) is 1.00. The molecule has 0 aliphatic carbocycles. The molecule has 2 N–H and O–H groups in total. The van der Waals surface area contributed by atoms with Crippen molar-refractivity contribution in [3.63, 3.8) is 0 Å². The van der Waals surface area contributed by atoms with Crippen molar-refractivity contribution in [3.05, 3.63) is 0 Å². The summed E-state index contributed by atoms with van der Waals surface area (Å²) in [7, 11) is 0. The predicted octanol–water partition coefficient (Wildman–Crippen LogP) is 1.04. The van der Waals surface area contributed by atoms with Crippen LogP contribution in [-0.4, -0.2) is 37.5 Å². The number of halogens is 6. The second-order valence-electron chi connectivity index (χ2n) is 3.00. The molecule has 2 unspecified atom stereocenters. The molecule has 1 fully saturated rings. The van der Waals surface area contributed by atoms with E-state index in [-0.39, 0.29) is 0 Å². The molecule has 0 spiro atoms. The zero-order chi connectivity index (χ0) is 11.0. The van der Waals surface area contributed by atoms with E-state index in [0.29, 0.717) is 0 Å². The molecule has 0 bridgehead atoms. The number of piperazine rings is 1. The lowest BCUT2D eigenvalue weighted by Crippen LogP contribution is -2.63. The minimum atomic E-state index is -4.51. The Morgan fingerprint density at radius 1 is 0.714 bits per heavy atom. The highest BCUT2D eigenvalue weighted by atomic mass is 19.4. The summed E-state index contributed by atoms with van der Waals surface area (Å²) in [5, 5.41) is 3.62. The van der Waals surface area contributed by atoms with Crippen molar-refractivity contribution >= 4 is 0 Å². The van der Waals surface area contributed by atoms with E-state index in [4.69, 9.17) is 0 Å². The second-order valence-corrected chi connectivity index (χ2v) is 3.00. The van der Waals surface area contributed by atoms with Gasteiger partial charge >= 0.3 is 12.4 Å². The molecule has 84 valence electrons. The third-order valence-corrected chi connectivity index (χ3v) is 1.93. The van der Waals surface area contributed by atoms with Crippen LogP contribution in [0.3, 0.4) is 0 Å². The van der Waals surface area contributed by atoms with Crippen LogP contribution in [-0.2, 0) is 0 Å². The van der Waals surface area contributed by atoms with Crippen molar-refractivity contribution < 1.29 is 26.3 Å². The van der Waals surface area contributed by atoms with Gasteiger partial charge in [0.15, 0.2) is 0 Å². The van der Waals surface area contributed by atoms with Gasteiger partial charge < -0.3 is 10.6 Å². The average molecular weight is 222 g/mol. The molecule has 14 heavy (non-hydrogen) atoms. The maximum atomic E-state index is 12.0. The molecule has 1 heterocycles. The highest BCUT2D eigenvalue weighted by Gasteiger charge is 2.47. The van der Waals surface area contributed by atoms with Gasteiger partial charge in [0.2, 0.25) is 0 Å². The first-order valence-corrected chi connectivity index (χ1v) is 3.81. The summed E-state index contributed by atoms with van der Waals surface area (Å²) in [6.07, 6.45) is -9.02. The molecule has 2 atom stereocenters. The van der Waals surface area contributed by atoms with Crippen LogP contribution in [0.15, 0.2) is 0 Å². The predicted molar refractivity (Wildman–Crippen MR) is 35.7 cm³/mol. The lowest BCUT2D eigenvalue weighted by atomic mass is 10.1. The molecule has 1 aliphatic rings. The summed E-state index contributed by atoms with van der Waals surface area (Å²) in [5.41, 5.74) is 0. The van der Waals surface area contributed by atoms with Gasteiger partial charge in [0.1, 0.15) is 12.1 Å². The lowest BCUT2D eigenvalue weighted by Gasteiger charge is -2.33. The van der Waals surface area contributed by atoms with Gasteiger partial charge in [0.25, 0.3) is 0 Å². The van der Waals surface area contributed by atoms with Crippen molar-refractivity contribution in [3.8, 4) is 0 Å². The molecule has 0 radical (unpaired) electrons. The van der Waals surface area contributed by atoms with Gasteiger partial charge in [-0.2, -0.15) is 26.3 Å². The van der Waals surface area contributed by atoms with E-state index >= 15 is 0 Å². The Bertz CT molecular complexity index is 167. The second kappa shape index (κ2) is 3.58. The first kappa shape index (κ1) is 11.6. The van der Waals surface area contributed by atoms with Crippen LogP contribution >= 0.6 is 0 Å². The van der Waals surface area contributed by atoms with Gasteiger partial charge in [-0.3, -0.25) is 0 Å². The van der Waals surface area contributed by atoms with E-state index in [0.717, 1.165) is 0 Å². The zero-order valence-electron chi connectivity index (χ0n) is 6.84. The molecule has 0 aromatic heterocycles. The molecule has 1 saturated heterocycles. The van der Waals surface area contributed by atoms with Crippen LogP contribution < -0.4 is 10.6 Å². The van der Waals surface area contributed by atoms with Gasteiger partial charge in [0.05, 0.1) is 0 Å². The van der Waals surface area contributed by atoms with E-state index in [9.17, 15) is 26.3 Å². The molecule has 0 aromatic rings. The van der Waals surface area contributed by atoms with E-state index in [2.05, 4.69) is 0 Å². The quantitative estimate of drug-likeness (QED) is 0.598. The molecule has 1 rings (SSSR count). The molecular formula is C6H8F6N2. The van der Waals surface area contributed by atoms with Crippen LogP contribution in [0.1, 0.15) is 0 Å². The number of rotatable bonds is 0. The third-order valence-electron chi connectivity index (χ3n) is 1.93. The molecule has 1 aliphatic heterocycles. The molecule has 0 amide bonds. The minimum absolute atomic E-state index is 0.756. The van der Waals surface area contributed by atoms with E-state index in [1.165, 1.54) is 0 Å². The summed E-state index contributed by atoms with van der Waals surface area (Å²) >= 11 is 0. The minimum Gasteiger partial charge on any atom is -0.303 e. The SMILES string of the molecule is FC(F)(F)C1CNC(C(F)(F)F)CN1. The van der Waals surface area contributed by atoms with Gasteiger partial charge in [-0.1, -0.05) is 0 Å². The standard InChI is InChI=1S/C6H8F6N2/c7-5(8,9)3-1-13-4(2-14-3)6(10,11)12/h3-4,13-14H,1-2H2. The highest BCUT2D eigenvalue weighted by molar-refractivity contribution is 4.90. The summed E-state index contributed by atoms with van der Waals surface area (Å²) in [5.74, 6) is 0. The summed E-state index contributed by atoms with van der Waals surface area (Å²) < 4.78 is 71.9. The van der Waals surface area contributed by atoms with Crippen molar-refractivity contribution in [1.82, 2.24) is 10.6 Å². The summed E-state index contributed by atoms with van der Waals surface area (Å²) in [6, 6.07) is -3.80. The monoisotopic (exact) mass is 222 g/mol. The Morgan fingerprint density at radius 2 is 1.00 bits per heavy atom. The number of hydrogen-bond acceptors (Lipinski definition) is 2. The van der Waals surface area contributed by atoms with Crippen LogP contribution in [0.2, 0.25) is 0 Å². The highest BCUT2D eigenvalue weighted by Crippen LogP contribution is 2.25. The zero-order valence-corrected chi connectivity index (χ0v) is 6.84. The van der Waals surface area contributed by atoms with Crippen molar-refractivity contribution in [1.29, 1.82) is 0 Å². The van der Waals surface area contributed by atoms with Gasteiger partial charge in [-0.05, 0) is 0 Å². The van der Waals surface area contributed by atoms with Gasteiger partial charge in [-0.25, -0.2) is 0 Å². The van der Waals surface area contributed by atoms with Gasteiger partial charge in [-0.15, -0.1) is 0 Å². The first-order valence-electron chi connectivity index (χ1n) is 3.81. The number of hydrogen-bond donors (Lipinski definition) is 2. The summed E-state index contributed by atoms with van der Waals surface area (Å²) in [4.78, 5) is 0. The smallest absolute Gasteiger partial charge is 0.303 e. The normalized spacial score (nSPS) is 30.4. The Kier molecular flexibility index (Phi) is 2.96. The van der Waals surface area contributed by atoms with Crippen LogP contribution in [0.5, 0.6) is 0 Å². The first-order chi connectivity index (χ1) is 6.21. The molecule has 0 aromatic carbocycles. The fourth-order valence-corrected chi connectivity index (χ4v) is 1.13. The average Bonchev–Trinajstić information content (AvgIpc) is 2.01.